The first-order valence-corrected chi connectivity index (χ1v) is 13.0. The van der Waals surface area contributed by atoms with Gasteiger partial charge in [-0.2, -0.15) is 0 Å². The molecule has 3 aromatic carbocycles. The van der Waals surface area contributed by atoms with Crippen molar-refractivity contribution in [2.45, 2.75) is 51.9 Å². The van der Waals surface area contributed by atoms with Crippen molar-refractivity contribution in [3.63, 3.8) is 0 Å². The smallest absolute Gasteiger partial charge is 0.399 e. The predicted octanol–water partition coefficient (Wildman–Crippen LogP) is 4.89. The fourth-order valence-corrected chi connectivity index (χ4v) is 4.28. The quantitative estimate of drug-likeness (QED) is 0.226. The molecule has 0 radical (unpaired) electrons. The van der Waals surface area contributed by atoms with Crippen LogP contribution in [0.3, 0.4) is 0 Å². The number of carbonyl (C=O) groups is 2. The molecule has 0 aromatic heterocycles. The van der Waals surface area contributed by atoms with Crippen molar-refractivity contribution in [3.8, 4) is 0 Å². The Balaban J connectivity index is 1.30. The SMILES string of the molecule is CC1(C)OB(c2ccc(COCC(=O)Cc3cccc(C(=O)c4ccc(Br)cc4)c3N)cc2)OC1(C)C. The van der Waals surface area contributed by atoms with Gasteiger partial charge >= 0.3 is 7.12 Å². The van der Waals surface area contributed by atoms with Crippen LogP contribution in [-0.2, 0) is 31.9 Å². The lowest BCUT2D eigenvalue weighted by atomic mass is 9.79. The molecule has 192 valence electrons. The van der Waals surface area contributed by atoms with Gasteiger partial charge in [-0.05, 0) is 74.6 Å². The average molecular weight is 564 g/mol. The van der Waals surface area contributed by atoms with Gasteiger partial charge in [0.15, 0.2) is 11.6 Å². The van der Waals surface area contributed by atoms with Crippen molar-refractivity contribution in [3.05, 3.63) is 93.5 Å². The summed E-state index contributed by atoms with van der Waals surface area (Å²) in [5, 5.41) is 0. The van der Waals surface area contributed by atoms with E-state index in [1.165, 1.54) is 0 Å². The number of rotatable bonds is 9. The van der Waals surface area contributed by atoms with Crippen LogP contribution in [0.1, 0.15) is 54.7 Å². The normalized spacial score (nSPS) is 16.1. The fourth-order valence-electron chi connectivity index (χ4n) is 4.02. The minimum absolute atomic E-state index is 0.0523. The Morgan fingerprint density at radius 3 is 2.16 bits per heavy atom. The molecule has 0 unspecified atom stereocenters. The van der Waals surface area contributed by atoms with Gasteiger partial charge in [-0.1, -0.05) is 52.3 Å². The molecule has 4 rings (SSSR count). The predicted molar refractivity (Wildman–Crippen MR) is 149 cm³/mol. The first kappa shape index (κ1) is 27.3. The van der Waals surface area contributed by atoms with Crippen molar-refractivity contribution in [2.75, 3.05) is 12.3 Å². The summed E-state index contributed by atoms with van der Waals surface area (Å²) in [4.78, 5) is 25.5. The van der Waals surface area contributed by atoms with Crippen molar-refractivity contribution in [2.24, 2.45) is 0 Å². The van der Waals surface area contributed by atoms with Gasteiger partial charge in [-0.3, -0.25) is 9.59 Å². The maximum absolute atomic E-state index is 12.9. The molecule has 6 nitrogen and oxygen atoms in total. The fraction of sp³-hybridized carbons (Fsp3) is 0.310. The number of anilines is 1. The summed E-state index contributed by atoms with van der Waals surface area (Å²) in [6, 6.07) is 20.1. The zero-order chi connectivity index (χ0) is 26.8. The monoisotopic (exact) mass is 563 g/mol. The summed E-state index contributed by atoms with van der Waals surface area (Å²) < 4.78 is 18.7. The lowest BCUT2D eigenvalue weighted by Gasteiger charge is -2.32. The third kappa shape index (κ3) is 6.21. The van der Waals surface area contributed by atoms with Gasteiger partial charge in [0.05, 0.1) is 17.8 Å². The molecule has 3 aromatic rings. The van der Waals surface area contributed by atoms with Crippen LogP contribution in [0.4, 0.5) is 5.69 Å². The second kappa shape index (κ2) is 10.9. The number of halogens is 1. The molecule has 0 aliphatic carbocycles. The van der Waals surface area contributed by atoms with E-state index in [4.69, 9.17) is 19.8 Å². The second-order valence-electron chi connectivity index (χ2n) is 10.3. The van der Waals surface area contributed by atoms with Gasteiger partial charge in [0.1, 0.15) is 6.61 Å². The Morgan fingerprint density at radius 1 is 0.919 bits per heavy atom. The minimum Gasteiger partial charge on any atom is -0.399 e. The molecule has 2 N–H and O–H groups in total. The van der Waals surface area contributed by atoms with Crippen molar-refractivity contribution in [1.29, 1.82) is 0 Å². The maximum atomic E-state index is 12.9. The van der Waals surface area contributed by atoms with Crippen LogP contribution in [0, 0.1) is 0 Å². The van der Waals surface area contributed by atoms with Gasteiger partial charge in [0.2, 0.25) is 0 Å². The van der Waals surface area contributed by atoms with Gasteiger partial charge in [-0.15, -0.1) is 0 Å². The molecule has 0 saturated carbocycles. The Kier molecular flexibility index (Phi) is 8.04. The number of ketones is 2. The van der Waals surface area contributed by atoms with Gasteiger partial charge in [0.25, 0.3) is 0 Å². The van der Waals surface area contributed by atoms with Crippen LogP contribution < -0.4 is 11.2 Å². The average Bonchev–Trinajstić information content (AvgIpc) is 3.07. The van der Waals surface area contributed by atoms with E-state index in [1.54, 1.807) is 42.5 Å². The number of Topliss-reactive ketones (excluding diaryl/α,β-unsaturated/α-hetero) is 1. The van der Waals surface area contributed by atoms with E-state index in [2.05, 4.69) is 15.9 Å². The highest BCUT2D eigenvalue weighted by Crippen LogP contribution is 2.36. The van der Waals surface area contributed by atoms with Crippen molar-refractivity contribution < 1.29 is 23.6 Å². The van der Waals surface area contributed by atoms with Crippen LogP contribution >= 0.6 is 15.9 Å². The zero-order valence-corrected chi connectivity index (χ0v) is 23.1. The van der Waals surface area contributed by atoms with Crippen LogP contribution in [0.25, 0.3) is 0 Å². The summed E-state index contributed by atoms with van der Waals surface area (Å²) in [5.74, 6) is -0.298. The van der Waals surface area contributed by atoms with E-state index in [9.17, 15) is 9.59 Å². The van der Waals surface area contributed by atoms with Crippen LogP contribution in [0.2, 0.25) is 0 Å². The van der Waals surface area contributed by atoms with E-state index in [1.807, 2.05) is 52.0 Å². The van der Waals surface area contributed by atoms with E-state index in [-0.39, 0.29) is 24.6 Å². The van der Waals surface area contributed by atoms with Crippen LogP contribution in [-0.4, -0.2) is 36.5 Å². The Bertz CT molecular complexity index is 1270. The van der Waals surface area contributed by atoms with Gasteiger partial charge in [0, 0.05) is 27.7 Å². The Morgan fingerprint density at radius 2 is 1.54 bits per heavy atom. The van der Waals surface area contributed by atoms with E-state index in [0.29, 0.717) is 29.0 Å². The molecule has 1 saturated heterocycles. The first-order valence-electron chi connectivity index (χ1n) is 12.2. The zero-order valence-electron chi connectivity index (χ0n) is 21.5. The number of nitrogens with two attached hydrogens (primary N) is 1. The molecular formula is C29H31BBrNO5. The lowest BCUT2D eigenvalue weighted by molar-refractivity contribution is -0.123. The highest BCUT2D eigenvalue weighted by atomic mass is 79.9. The van der Waals surface area contributed by atoms with Gasteiger partial charge in [-0.25, -0.2) is 0 Å². The number of carbonyl (C=O) groups excluding carboxylic acids is 2. The lowest BCUT2D eigenvalue weighted by Crippen LogP contribution is -2.41. The van der Waals surface area contributed by atoms with Crippen molar-refractivity contribution in [1.82, 2.24) is 0 Å². The molecule has 8 heteroatoms. The number of para-hydroxylation sites is 1. The Hall–Kier alpha value is -2.78. The molecule has 37 heavy (non-hydrogen) atoms. The molecule has 0 amide bonds. The molecule has 1 heterocycles. The summed E-state index contributed by atoms with van der Waals surface area (Å²) in [7, 11) is -0.418. The molecule has 0 atom stereocenters. The number of hydrogen-bond acceptors (Lipinski definition) is 6. The third-order valence-electron chi connectivity index (χ3n) is 6.97. The number of nitrogen functional groups attached to an aromatic ring is 1. The number of benzene rings is 3. The molecular weight excluding hydrogens is 533 g/mol. The molecule has 1 aliphatic rings. The third-order valence-corrected chi connectivity index (χ3v) is 7.50. The standard InChI is InChI=1S/C29H31BBrNO5/c1-28(2)29(3,4)37-30(36-28)22-12-8-19(9-13-22)17-35-18-24(33)16-21-6-5-7-25(26(21)32)27(34)20-10-14-23(31)15-11-20/h5-15H,16-18,32H2,1-4H3. The van der Waals surface area contributed by atoms with Crippen LogP contribution in [0.15, 0.2) is 71.2 Å². The molecule has 1 fully saturated rings. The second-order valence-corrected chi connectivity index (χ2v) is 11.2. The topological polar surface area (TPSA) is 87.9 Å². The Labute approximate surface area is 226 Å². The summed E-state index contributed by atoms with van der Waals surface area (Å²) in [5.41, 5.74) is 9.22. The largest absolute Gasteiger partial charge is 0.494 e. The molecule has 0 spiro atoms. The van der Waals surface area contributed by atoms with Gasteiger partial charge < -0.3 is 19.8 Å². The minimum atomic E-state index is -0.418. The van der Waals surface area contributed by atoms with Crippen molar-refractivity contribution >= 4 is 45.8 Å². The number of ether oxygens (including phenoxy) is 1. The maximum Gasteiger partial charge on any atom is 0.494 e. The van der Waals surface area contributed by atoms with E-state index >= 15 is 0 Å². The van der Waals surface area contributed by atoms with E-state index in [0.717, 1.165) is 15.5 Å². The van der Waals surface area contributed by atoms with E-state index < -0.39 is 18.3 Å². The number of hydrogen-bond donors (Lipinski definition) is 1. The molecule has 1 aliphatic heterocycles. The molecule has 0 bridgehead atoms. The highest BCUT2D eigenvalue weighted by molar-refractivity contribution is 9.10. The highest BCUT2D eigenvalue weighted by Gasteiger charge is 2.51. The summed E-state index contributed by atoms with van der Waals surface area (Å²) in [6.45, 7) is 8.34. The summed E-state index contributed by atoms with van der Waals surface area (Å²) >= 11 is 3.37. The first-order chi connectivity index (χ1) is 17.5. The van der Waals surface area contributed by atoms with Crippen LogP contribution in [0.5, 0.6) is 0 Å². The summed E-state index contributed by atoms with van der Waals surface area (Å²) in [6.07, 6.45) is 0.0914.